The Morgan fingerprint density at radius 1 is 1.04 bits per heavy atom. The smallest absolute Gasteiger partial charge is 0.270 e. The molecule has 0 aliphatic carbocycles. The van der Waals surface area contributed by atoms with Crippen LogP contribution in [-0.4, -0.2) is 20.9 Å². The third-order valence-corrected chi connectivity index (χ3v) is 3.39. The molecule has 2 aromatic heterocycles. The number of pyridine rings is 1. The lowest BCUT2D eigenvalue weighted by Gasteiger charge is -2.08. The maximum Gasteiger partial charge on any atom is 0.270 e. The van der Waals surface area contributed by atoms with Crippen LogP contribution < -0.4 is 10.6 Å². The van der Waals surface area contributed by atoms with Crippen molar-refractivity contribution < 1.29 is 4.79 Å². The van der Waals surface area contributed by atoms with Crippen molar-refractivity contribution in [1.29, 1.82) is 0 Å². The van der Waals surface area contributed by atoms with Gasteiger partial charge in [-0.2, -0.15) is 0 Å². The van der Waals surface area contributed by atoms with Crippen molar-refractivity contribution in [3.8, 4) is 0 Å². The number of hydrogen-bond acceptors (Lipinski definition) is 5. The summed E-state index contributed by atoms with van der Waals surface area (Å²) in [5.41, 5.74) is 1.82. The van der Waals surface area contributed by atoms with Gasteiger partial charge in [0, 0.05) is 23.0 Å². The van der Waals surface area contributed by atoms with Crippen LogP contribution in [0.3, 0.4) is 0 Å². The van der Waals surface area contributed by atoms with Gasteiger partial charge >= 0.3 is 0 Å². The van der Waals surface area contributed by atoms with Crippen molar-refractivity contribution in [3.63, 3.8) is 0 Å². The van der Waals surface area contributed by atoms with Crippen molar-refractivity contribution in [1.82, 2.24) is 20.3 Å². The lowest BCUT2D eigenvalue weighted by atomic mass is 10.3. The Morgan fingerprint density at radius 2 is 1.96 bits per heavy atom. The summed E-state index contributed by atoms with van der Waals surface area (Å²) in [6.07, 6.45) is 3.02. The molecule has 0 fully saturated rings. The van der Waals surface area contributed by atoms with Crippen LogP contribution in [0.5, 0.6) is 0 Å². The third kappa shape index (κ3) is 4.27. The molecule has 3 aromatic rings. The largest absolute Gasteiger partial charge is 0.345 e. The first-order valence-electron chi connectivity index (χ1n) is 7.23. The van der Waals surface area contributed by atoms with Crippen LogP contribution in [0.1, 0.15) is 16.2 Å². The fourth-order valence-electron chi connectivity index (χ4n) is 2.03. The molecule has 0 spiro atoms. The van der Waals surface area contributed by atoms with E-state index in [9.17, 15) is 4.79 Å². The first-order chi connectivity index (χ1) is 11.7. The normalized spacial score (nSPS) is 10.2. The minimum Gasteiger partial charge on any atom is -0.345 e. The summed E-state index contributed by atoms with van der Waals surface area (Å²) in [5.74, 6) is 0.215. The number of benzene rings is 1. The highest BCUT2D eigenvalue weighted by Crippen LogP contribution is 2.18. The molecular formula is C17H14ClN5O. The molecule has 0 aliphatic heterocycles. The molecule has 0 atom stereocenters. The second-order valence-electron chi connectivity index (χ2n) is 4.93. The second-order valence-corrected chi connectivity index (χ2v) is 5.36. The zero-order chi connectivity index (χ0) is 16.8. The molecule has 0 saturated heterocycles. The Balaban J connectivity index is 1.67. The minimum absolute atomic E-state index is 0.269. The Kier molecular flexibility index (Phi) is 4.98. The van der Waals surface area contributed by atoms with E-state index in [1.807, 2.05) is 30.3 Å². The fourth-order valence-corrected chi connectivity index (χ4v) is 2.22. The number of rotatable bonds is 5. The lowest BCUT2D eigenvalue weighted by Crippen LogP contribution is -2.24. The van der Waals surface area contributed by atoms with Crippen molar-refractivity contribution in [3.05, 3.63) is 77.5 Å². The van der Waals surface area contributed by atoms with Crippen LogP contribution in [0.15, 0.2) is 61.1 Å². The summed E-state index contributed by atoms with van der Waals surface area (Å²) < 4.78 is 0. The van der Waals surface area contributed by atoms with Crippen molar-refractivity contribution in [2.45, 2.75) is 6.54 Å². The van der Waals surface area contributed by atoms with E-state index in [0.717, 1.165) is 11.4 Å². The topological polar surface area (TPSA) is 79.8 Å². The molecule has 0 aliphatic rings. The number of anilines is 2. The van der Waals surface area contributed by atoms with Crippen LogP contribution >= 0.6 is 11.6 Å². The molecule has 1 aromatic carbocycles. The number of aromatic nitrogens is 3. The molecular weight excluding hydrogens is 326 g/mol. The number of halogens is 1. The standard InChI is InChI=1S/C17H14ClN5O/c18-12-4-3-6-13(8-12)23-16-9-15(21-11-22-16)17(24)20-10-14-5-1-2-7-19-14/h1-9,11H,10H2,(H,20,24)(H,21,22,23). The summed E-state index contributed by atoms with van der Waals surface area (Å²) in [6.45, 7) is 0.334. The van der Waals surface area contributed by atoms with Crippen LogP contribution in [-0.2, 0) is 6.54 Å². The number of nitrogens with one attached hydrogen (secondary N) is 2. The van der Waals surface area contributed by atoms with Gasteiger partial charge in [0.05, 0.1) is 12.2 Å². The van der Waals surface area contributed by atoms with Gasteiger partial charge < -0.3 is 10.6 Å². The van der Waals surface area contributed by atoms with Gasteiger partial charge in [-0.3, -0.25) is 9.78 Å². The third-order valence-electron chi connectivity index (χ3n) is 3.15. The summed E-state index contributed by atoms with van der Waals surface area (Å²) >= 11 is 5.95. The van der Waals surface area contributed by atoms with E-state index >= 15 is 0 Å². The van der Waals surface area contributed by atoms with E-state index in [1.165, 1.54) is 6.33 Å². The predicted molar refractivity (Wildman–Crippen MR) is 92.2 cm³/mol. The Morgan fingerprint density at radius 3 is 2.75 bits per heavy atom. The number of carbonyl (C=O) groups excluding carboxylic acids is 1. The molecule has 3 rings (SSSR count). The zero-order valence-corrected chi connectivity index (χ0v) is 13.4. The monoisotopic (exact) mass is 339 g/mol. The number of amides is 1. The molecule has 7 heteroatoms. The second kappa shape index (κ2) is 7.52. The Labute approximate surface area is 143 Å². The molecule has 0 unspecified atom stereocenters. The van der Waals surface area contributed by atoms with Crippen molar-refractivity contribution in [2.24, 2.45) is 0 Å². The molecule has 120 valence electrons. The van der Waals surface area contributed by atoms with Crippen LogP contribution in [0.2, 0.25) is 5.02 Å². The molecule has 2 N–H and O–H groups in total. The summed E-state index contributed by atoms with van der Waals surface area (Å²) in [6, 6.07) is 14.3. The van der Waals surface area contributed by atoms with Gasteiger partial charge in [-0.1, -0.05) is 23.7 Å². The molecule has 2 heterocycles. The van der Waals surface area contributed by atoms with Crippen LogP contribution in [0, 0.1) is 0 Å². The van der Waals surface area contributed by atoms with Crippen molar-refractivity contribution >= 4 is 29.0 Å². The molecule has 24 heavy (non-hydrogen) atoms. The van der Waals surface area contributed by atoms with Crippen molar-refractivity contribution in [2.75, 3.05) is 5.32 Å². The lowest BCUT2D eigenvalue weighted by molar-refractivity contribution is 0.0945. The zero-order valence-electron chi connectivity index (χ0n) is 12.6. The van der Waals surface area contributed by atoms with Gasteiger partial charge in [0.1, 0.15) is 17.8 Å². The van der Waals surface area contributed by atoms with E-state index < -0.39 is 0 Å². The number of nitrogens with zero attached hydrogens (tertiary/aromatic N) is 3. The highest BCUT2D eigenvalue weighted by molar-refractivity contribution is 6.30. The van der Waals surface area contributed by atoms with Gasteiger partial charge in [0.2, 0.25) is 0 Å². The average molecular weight is 340 g/mol. The first kappa shape index (κ1) is 15.9. The minimum atomic E-state index is -0.294. The maximum absolute atomic E-state index is 12.2. The molecule has 0 bridgehead atoms. The van der Waals surface area contributed by atoms with Gasteiger partial charge in [0.15, 0.2) is 0 Å². The van der Waals surface area contributed by atoms with Gasteiger partial charge in [0.25, 0.3) is 5.91 Å². The van der Waals surface area contributed by atoms with E-state index in [-0.39, 0.29) is 11.6 Å². The van der Waals surface area contributed by atoms with E-state index in [2.05, 4.69) is 25.6 Å². The molecule has 6 nitrogen and oxygen atoms in total. The SMILES string of the molecule is O=C(NCc1ccccn1)c1cc(Nc2cccc(Cl)c2)ncn1. The van der Waals surface area contributed by atoms with E-state index in [4.69, 9.17) is 11.6 Å². The van der Waals surface area contributed by atoms with Gasteiger partial charge in [-0.15, -0.1) is 0 Å². The highest BCUT2D eigenvalue weighted by Gasteiger charge is 2.09. The Hall–Kier alpha value is -2.99. The van der Waals surface area contributed by atoms with Gasteiger partial charge in [-0.25, -0.2) is 9.97 Å². The number of carbonyl (C=O) groups is 1. The average Bonchev–Trinajstić information content (AvgIpc) is 2.61. The van der Waals surface area contributed by atoms with E-state index in [0.29, 0.717) is 17.4 Å². The molecule has 0 saturated carbocycles. The van der Waals surface area contributed by atoms with Crippen LogP contribution in [0.25, 0.3) is 0 Å². The van der Waals surface area contributed by atoms with Gasteiger partial charge in [-0.05, 0) is 30.3 Å². The summed E-state index contributed by atoms with van der Waals surface area (Å²) in [7, 11) is 0. The molecule has 0 radical (unpaired) electrons. The summed E-state index contributed by atoms with van der Waals surface area (Å²) in [4.78, 5) is 24.5. The van der Waals surface area contributed by atoms with Crippen LogP contribution in [0.4, 0.5) is 11.5 Å². The number of hydrogen-bond donors (Lipinski definition) is 2. The quantitative estimate of drug-likeness (QED) is 0.746. The Bertz CT molecular complexity index is 841. The predicted octanol–water partition coefficient (Wildman–Crippen LogP) is 3.20. The molecule has 1 amide bonds. The summed E-state index contributed by atoms with van der Waals surface area (Å²) in [5, 5.41) is 6.47. The highest BCUT2D eigenvalue weighted by atomic mass is 35.5. The first-order valence-corrected chi connectivity index (χ1v) is 7.61. The van der Waals surface area contributed by atoms with E-state index in [1.54, 1.807) is 24.4 Å². The maximum atomic E-state index is 12.2. The fraction of sp³-hybridized carbons (Fsp3) is 0.0588.